The van der Waals surface area contributed by atoms with Gasteiger partial charge in [0.1, 0.15) is 0 Å². The molecule has 1 heterocycles. The van der Waals surface area contributed by atoms with Crippen LogP contribution in [0, 0.1) is 0 Å². The molecular weight excluding hydrogens is 156 g/mol. The van der Waals surface area contributed by atoms with E-state index < -0.39 is 6.10 Å². The highest BCUT2D eigenvalue weighted by Crippen LogP contribution is 2.08. The summed E-state index contributed by atoms with van der Waals surface area (Å²) >= 11 is 0. The highest BCUT2D eigenvalue weighted by atomic mass is 16.3. The molecule has 0 spiro atoms. The second-order valence-corrected chi connectivity index (χ2v) is 3.23. The van der Waals surface area contributed by atoms with Gasteiger partial charge in [-0.3, -0.25) is 9.69 Å². The maximum Gasteiger partial charge on any atom is 0.217 e. The van der Waals surface area contributed by atoms with Crippen molar-refractivity contribution in [3.8, 4) is 0 Å². The zero-order chi connectivity index (χ0) is 9.14. The molecule has 4 nitrogen and oxygen atoms in total. The lowest BCUT2D eigenvalue weighted by Gasteiger charge is -2.13. The smallest absolute Gasteiger partial charge is 0.217 e. The highest BCUT2D eigenvalue weighted by Gasteiger charge is 2.30. The van der Waals surface area contributed by atoms with E-state index in [2.05, 4.69) is 10.2 Å². The first-order chi connectivity index (χ1) is 5.63. The van der Waals surface area contributed by atoms with Crippen molar-refractivity contribution in [1.29, 1.82) is 0 Å². The molecule has 0 unspecified atom stereocenters. The number of likely N-dealkylation sites (tertiary alicyclic amines) is 1. The Kier molecular flexibility index (Phi) is 3.05. The third-order valence-electron chi connectivity index (χ3n) is 2.20. The molecular formula is C8H16N2O2. The Morgan fingerprint density at radius 2 is 2.33 bits per heavy atom. The van der Waals surface area contributed by atoms with Crippen molar-refractivity contribution in [3.63, 3.8) is 0 Å². The zero-order valence-electron chi connectivity index (χ0n) is 7.58. The summed E-state index contributed by atoms with van der Waals surface area (Å²) in [7, 11) is 0. The fourth-order valence-corrected chi connectivity index (χ4v) is 1.53. The van der Waals surface area contributed by atoms with Gasteiger partial charge in [-0.1, -0.05) is 6.92 Å². The fourth-order valence-electron chi connectivity index (χ4n) is 1.53. The Bertz CT molecular complexity index is 172. The zero-order valence-corrected chi connectivity index (χ0v) is 7.58. The van der Waals surface area contributed by atoms with Crippen LogP contribution in [-0.4, -0.2) is 47.7 Å². The number of aliphatic hydroxyl groups excluding tert-OH is 1. The van der Waals surface area contributed by atoms with Crippen LogP contribution >= 0.6 is 0 Å². The number of rotatable bonds is 2. The molecule has 12 heavy (non-hydrogen) atoms. The van der Waals surface area contributed by atoms with E-state index in [1.165, 1.54) is 6.92 Å². The molecule has 0 aliphatic carbocycles. The third kappa shape index (κ3) is 2.19. The lowest BCUT2D eigenvalue weighted by molar-refractivity contribution is -0.120. The van der Waals surface area contributed by atoms with E-state index in [9.17, 15) is 9.90 Å². The van der Waals surface area contributed by atoms with E-state index in [4.69, 9.17) is 0 Å². The molecule has 0 aromatic rings. The van der Waals surface area contributed by atoms with Crippen molar-refractivity contribution in [2.75, 3.05) is 19.6 Å². The van der Waals surface area contributed by atoms with Gasteiger partial charge in [0.25, 0.3) is 0 Å². The van der Waals surface area contributed by atoms with E-state index in [1.54, 1.807) is 0 Å². The summed E-state index contributed by atoms with van der Waals surface area (Å²) in [6.45, 7) is 5.87. The first-order valence-electron chi connectivity index (χ1n) is 4.31. The van der Waals surface area contributed by atoms with Gasteiger partial charge in [-0.15, -0.1) is 0 Å². The van der Waals surface area contributed by atoms with Gasteiger partial charge < -0.3 is 10.4 Å². The van der Waals surface area contributed by atoms with Crippen molar-refractivity contribution in [1.82, 2.24) is 10.2 Å². The number of carbonyl (C=O) groups excluding carboxylic acids is 1. The second-order valence-electron chi connectivity index (χ2n) is 3.23. The molecule has 2 N–H and O–H groups in total. The molecule has 1 fully saturated rings. The number of nitrogens with zero attached hydrogens (tertiary/aromatic N) is 1. The molecule has 2 atom stereocenters. The molecule has 1 aliphatic rings. The van der Waals surface area contributed by atoms with Crippen molar-refractivity contribution < 1.29 is 9.90 Å². The molecule has 0 aromatic carbocycles. The van der Waals surface area contributed by atoms with E-state index in [0.717, 1.165) is 13.1 Å². The number of nitrogens with one attached hydrogen (secondary N) is 1. The SMILES string of the molecule is CCN1C[C@@H](O)[C@H](NC(C)=O)C1. The predicted octanol–water partition coefficient (Wildman–Crippen LogP) is -0.813. The van der Waals surface area contributed by atoms with Crippen molar-refractivity contribution >= 4 is 5.91 Å². The van der Waals surface area contributed by atoms with Crippen LogP contribution in [0.4, 0.5) is 0 Å². The highest BCUT2D eigenvalue weighted by molar-refractivity contribution is 5.73. The molecule has 1 saturated heterocycles. The molecule has 0 radical (unpaired) electrons. The minimum atomic E-state index is -0.408. The number of amides is 1. The van der Waals surface area contributed by atoms with Crippen LogP contribution in [0.2, 0.25) is 0 Å². The number of hydrogen-bond donors (Lipinski definition) is 2. The largest absolute Gasteiger partial charge is 0.390 e. The van der Waals surface area contributed by atoms with E-state index in [-0.39, 0.29) is 11.9 Å². The second kappa shape index (κ2) is 3.87. The van der Waals surface area contributed by atoms with Gasteiger partial charge >= 0.3 is 0 Å². The monoisotopic (exact) mass is 172 g/mol. The molecule has 0 saturated carbocycles. The van der Waals surface area contributed by atoms with Gasteiger partial charge in [0.15, 0.2) is 0 Å². The molecule has 70 valence electrons. The lowest BCUT2D eigenvalue weighted by Crippen LogP contribution is -2.41. The maximum atomic E-state index is 10.7. The first-order valence-corrected chi connectivity index (χ1v) is 4.31. The summed E-state index contributed by atoms with van der Waals surface area (Å²) < 4.78 is 0. The van der Waals surface area contributed by atoms with E-state index >= 15 is 0 Å². The summed E-state index contributed by atoms with van der Waals surface area (Å²) in [5.41, 5.74) is 0. The minimum absolute atomic E-state index is 0.0722. The van der Waals surface area contributed by atoms with Crippen LogP contribution in [0.25, 0.3) is 0 Å². The normalized spacial score (nSPS) is 30.6. The first kappa shape index (κ1) is 9.48. The Balaban J connectivity index is 2.40. The van der Waals surface area contributed by atoms with Crippen LogP contribution in [0.1, 0.15) is 13.8 Å². The molecule has 1 rings (SSSR count). The molecule has 1 aliphatic heterocycles. The van der Waals surface area contributed by atoms with Crippen molar-refractivity contribution in [2.24, 2.45) is 0 Å². The van der Waals surface area contributed by atoms with Gasteiger partial charge in [-0.25, -0.2) is 0 Å². The van der Waals surface area contributed by atoms with Crippen LogP contribution in [0.5, 0.6) is 0 Å². The summed E-state index contributed by atoms with van der Waals surface area (Å²) in [5.74, 6) is -0.0722. The Morgan fingerprint density at radius 3 is 2.75 bits per heavy atom. The summed E-state index contributed by atoms with van der Waals surface area (Å²) in [6.07, 6.45) is -0.408. The van der Waals surface area contributed by atoms with Gasteiger partial charge in [0.05, 0.1) is 12.1 Å². The van der Waals surface area contributed by atoms with Crippen molar-refractivity contribution in [2.45, 2.75) is 26.0 Å². The molecule has 0 bridgehead atoms. The van der Waals surface area contributed by atoms with Crippen LogP contribution < -0.4 is 5.32 Å². The van der Waals surface area contributed by atoms with Gasteiger partial charge in [0.2, 0.25) is 5.91 Å². The third-order valence-corrected chi connectivity index (χ3v) is 2.20. The van der Waals surface area contributed by atoms with Crippen LogP contribution in [0.3, 0.4) is 0 Å². The minimum Gasteiger partial charge on any atom is -0.390 e. The lowest BCUT2D eigenvalue weighted by atomic mass is 10.2. The molecule has 4 heteroatoms. The van der Waals surface area contributed by atoms with E-state index in [0.29, 0.717) is 6.54 Å². The van der Waals surface area contributed by atoms with Gasteiger partial charge in [-0.05, 0) is 6.54 Å². The topological polar surface area (TPSA) is 52.6 Å². The fraction of sp³-hybridized carbons (Fsp3) is 0.875. The van der Waals surface area contributed by atoms with Crippen LogP contribution in [0.15, 0.2) is 0 Å². The number of hydrogen-bond acceptors (Lipinski definition) is 3. The molecule has 1 amide bonds. The number of likely N-dealkylation sites (N-methyl/N-ethyl adjacent to an activating group) is 1. The Labute approximate surface area is 72.6 Å². The maximum absolute atomic E-state index is 10.7. The average molecular weight is 172 g/mol. The van der Waals surface area contributed by atoms with Gasteiger partial charge in [-0.2, -0.15) is 0 Å². The summed E-state index contributed by atoms with van der Waals surface area (Å²) in [4.78, 5) is 12.8. The summed E-state index contributed by atoms with van der Waals surface area (Å²) in [5, 5.41) is 12.2. The van der Waals surface area contributed by atoms with E-state index in [1.807, 2.05) is 6.92 Å². The van der Waals surface area contributed by atoms with Gasteiger partial charge in [0, 0.05) is 20.0 Å². The molecule has 0 aromatic heterocycles. The number of carbonyl (C=O) groups is 1. The standard InChI is InChI=1S/C8H16N2O2/c1-3-10-4-7(8(12)5-10)9-6(2)11/h7-8,12H,3-5H2,1-2H3,(H,9,11)/t7-,8-/m1/s1. The summed E-state index contributed by atoms with van der Waals surface area (Å²) in [6, 6.07) is -0.0811. The number of aliphatic hydroxyl groups is 1. The Hall–Kier alpha value is -0.610. The average Bonchev–Trinajstić information content (AvgIpc) is 2.31. The quantitative estimate of drug-likeness (QED) is 0.572. The Morgan fingerprint density at radius 1 is 1.67 bits per heavy atom. The van der Waals surface area contributed by atoms with Crippen LogP contribution in [-0.2, 0) is 4.79 Å². The predicted molar refractivity (Wildman–Crippen MR) is 45.7 cm³/mol. The number of β-amino-alcohol motifs (C(OH)–C–C–N with tert-alkyl or cyclic N) is 1. The van der Waals surface area contributed by atoms with Crippen molar-refractivity contribution in [3.05, 3.63) is 0 Å².